The van der Waals surface area contributed by atoms with Gasteiger partial charge in [0.1, 0.15) is 69.3 Å². The summed E-state index contributed by atoms with van der Waals surface area (Å²) in [6, 6.07) is 121. The monoisotopic (exact) mass is 1880 g/mol. The molecular formula is C119H74B3F8N9S2. The third kappa shape index (κ3) is 13.1. The predicted molar refractivity (Wildman–Crippen MR) is 569 cm³/mol. The molecule has 6 aliphatic rings. The van der Waals surface area contributed by atoms with Crippen LogP contribution in [0.5, 0.6) is 0 Å². The summed E-state index contributed by atoms with van der Waals surface area (Å²) in [7, 11) is 0. The van der Waals surface area contributed by atoms with Crippen molar-refractivity contribution in [3.05, 3.63) is 476 Å². The molecule has 20 aromatic rings. The minimum absolute atomic E-state index is 0.127. The van der Waals surface area contributed by atoms with E-state index >= 15 is 35.1 Å². The number of benzene rings is 18. The fourth-order valence-electron chi connectivity index (χ4n) is 22.3. The van der Waals surface area contributed by atoms with E-state index in [2.05, 4.69) is 69.5 Å². The largest absolute Gasteiger partial charge is 0.310 e. The van der Waals surface area contributed by atoms with E-state index in [1.165, 1.54) is 82.6 Å². The summed E-state index contributed by atoms with van der Waals surface area (Å²) in [6.07, 6.45) is 5.65. The van der Waals surface area contributed by atoms with Crippen LogP contribution in [0.2, 0.25) is 0 Å². The van der Waals surface area contributed by atoms with E-state index in [0.717, 1.165) is 75.6 Å². The summed E-state index contributed by atoms with van der Waals surface area (Å²) in [5, 5.41) is 0.906. The van der Waals surface area contributed by atoms with E-state index in [1.54, 1.807) is 38.5 Å². The maximum absolute atomic E-state index is 19.1. The Morgan fingerprint density at radius 3 is 0.823 bits per heavy atom. The van der Waals surface area contributed by atoms with Crippen LogP contribution in [0.25, 0.3) is 16.2 Å². The molecule has 0 saturated carbocycles. The van der Waals surface area contributed by atoms with E-state index < -0.39 is 89.4 Å². The molecule has 0 spiro atoms. The average molecular weight is 1880 g/mol. The van der Waals surface area contributed by atoms with Crippen LogP contribution >= 0.6 is 22.7 Å². The number of para-hydroxylation sites is 12. The van der Waals surface area contributed by atoms with Crippen LogP contribution in [0, 0.1) is 53.5 Å². The Kier molecular flexibility index (Phi) is 20.0. The van der Waals surface area contributed by atoms with Gasteiger partial charge in [0.05, 0.1) is 28.4 Å². The van der Waals surface area contributed by atoms with Gasteiger partial charge in [0, 0.05) is 127 Å². The summed E-state index contributed by atoms with van der Waals surface area (Å²) in [5.41, 5.74) is 14.2. The molecule has 0 amide bonds. The zero-order chi connectivity index (χ0) is 94.8. The van der Waals surface area contributed by atoms with Crippen LogP contribution in [0.15, 0.2) is 419 Å². The topological polar surface area (TPSA) is 29.2 Å². The molecule has 0 N–H and O–H groups in total. The molecule has 0 unspecified atom stereocenters. The zero-order valence-corrected chi connectivity index (χ0v) is 76.8. The molecule has 26 rings (SSSR count). The van der Waals surface area contributed by atoms with Crippen LogP contribution in [0.1, 0.15) is 10.4 Å². The summed E-state index contributed by atoms with van der Waals surface area (Å²) >= 11 is 3.13. The van der Waals surface area contributed by atoms with Crippen molar-refractivity contribution < 1.29 is 35.1 Å². The summed E-state index contributed by atoms with van der Waals surface area (Å²) < 4.78 is 154. The number of hydrogen-bond acceptors (Lipinski definition) is 11. The number of nitrogens with zero attached hydrogens (tertiary/aromatic N) is 9. The lowest BCUT2D eigenvalue weighted by molar-refractivity contribution is 0.585. The van der Waals surface area contributed by atoms with Gasteiger partial charge in [0.25, 0.3) is 20.1 Å². The zero-order valence-electron chi connectivity index (χ0n) is 75.1. The second-order valence-corrected chi connectivity index (χ2v) is 37.8. The van der Waals surface area contributed by atoms with Gasteiger partial charge in [-0.05, 0) is 257 Å². The van der Waals surface area contributed by atoms with Crippen LogP contribution in [-0.4, -0.2) is 20.1 Å². The second kappa shape index (κ2) is 33.4. The van der Waals surface area contributed by atoms with Crippen molar-refractivity contribution in [1.82, 2.24) is 0 Å². The molecule has 22 heteroatoms. The second-order valence-electron chi connectivity index (χ2n) is 35.6. The third-order valence-corrected chi connectivity index (χ3v) is 30.4. The number of hydrogen-bond donors (Lipinski definition) is 0. The maximum atomic E-state index is 19.1. The van der Waals surface area contributed by atoms with Gasteiger partial charge < -0.3 is 44.1 Å². The van der Waals surface area contributed by atoms with Crippen LogP contribution in [0.4, 0.5) is 189 Å². The molecule has 8 heterocycles. The lowest BCUT2D eigenvalue weighted by Gasteiger charge is -2.48. The van der Waals surface area contributed by atoms with Crippen molar-refractivity contribution in [3.63, 3.8) is 0 Å². The molecule has 6 aliphatic heterocycles. The molecule has 141 heavy (non-hydrogen) atoms. The van der Waals surface area contributed by atoms with Gasteiger partial charge in [-0.15, -0.1) is 22.7 Å². The molecular weight excluding hydrogens is 1800 g/mol. The SMILES string of the molecule is C=C/C=C\c1sc2c(c1C)N(c1ccccc1)c1cc(N(c3ccccc3)c3ccccc3)cc3c1B2c1cc2c(cc1N3c1c(F)cccc1F)N(c1c(F)cccc1F)c1cc(N(c3ccccc3)c3ccccc3)cc3c1B2c1cc2c(cc1N3c1c(F)cccc1F)N(c1c(F)cccc1F)c1cc(N(c3ccccc3)c3ccccc3)cc3c1B2c1sc2ccccc2c1N3c1ccccc1. The highest BCUT2D eigenvalue weighted by Gasteiger charge is 2.55. The Bertz CT molecular complexity index is 8340. The van der Waals surface area contributed by atoms with E-state index in [-0.39, 0.29) is 34.1 Å². The Hall–Kier alpha value is -17.1. The summed E-state index contributed by atoms with van der Waals surface area (Å²) in [6.45, 7) is 3.26. The van der Waals surface area contributed by atoms with E-state index in [1.807, 2.05) is 308 Å². The van der Waals surface area contributed by atoms with Crippen molar-refractivity contribution in [1.29, 1.82) is 0 Å². The molecule has 0 fully saturated rings. The van der Waals surface area contributed by atoms with Crippen molar-refractivity contribution >= 4 is 260 Å². The highest BCUT2D eigenvalue weighted by Crippen LogP contribution is 2.59. The third-order valence-electron chi connectivity index (χ3n) is 27.9. The molecule has 0 bridgehead atoms. The van der Waals surface area contributed by atoms with Crippen LogP contribution < -0.4 is 91.9 Å². The van der Waals surface area contributed by atoms with Gasteiger partial charge in [-0.2, -0.15) is 0 Å². The van der Waals surface area contributed by atoms with Gasteiger partial charge in [0.2, 0.25) is 0 Å². The first-order valence-electron chi connectivity index (χ1n) is 46.4. The quantitative estimate of drug-likeness (QED) is 0.0502. The van der Waals surface area contributed by atoms with Gasteiger partial charge in [0.15, 0.2) is 0 Å². The predicted octanol–water partition coefficient (Wildman–Crippen LogP) is 28.2. The molecule has 672 valence electrons. The van der Waals surface area contributed by atoms with Gasteiger partial charge >= 0.3 is 0 Å². The first kappa shape index (κ1) is 84.4. The Morgan fingerprint density at radius 2 is 0.511 bits per heavy atom. The Morgan fingerprint density at radius 1 is 0.248 bits per heavy atom. The standard InChI is InChI=1S/C119H74B3F8N9S2/c1-3-4-60-107-72(2)112-118(140-107)121-87-68-85-97(70-99(87)138(116-93(127)56-33-57-94(116)128)105-66-81(62-101(110(105)121)134(112)79-47-25-11-26-48-79)131(73-35-13-5-14-36-73)74-37-15-6-16-38-74)136(114-89(123)52-31-53-90(114)124)103-64-83(133(77-43-21-9-22-44-77)78-45-23-10-24-46-78)65-104-109(103)120(85)86-69-88-100(71-98(86)137(104)115-91(125)54-32-55-92(115)126)139(117-95(129)58-34-59-96(117)130)106-67-82(132(75-39-17-7-18-40-75)76-41-19-8-20-42-76)63-102-111(106)122(88)119-113(84-51-29-30-61-108(84)141-119)135(102)80-49-27-12-28-50-80/h3-71H,1H2,2H3/b60-4-. The van der Waals surface area contributed by atoms with Gasteiger partial charge in [-0.3, -0.25) is 0 Å². The lowest BCUT2D eigenvalue weighted by Crippen LogP contribution is -2.66. The number of fused-ring (bicyclic) bond motifs is 14. The molecule has 0 atom stereocenters. The minimum atomic E-state index is -1.23. The Labute approximate surface area is 816 Å². The Balaban J connectivity index is 0.847. The summed E-state index contributed by atoms with van der Waals surface area (Å²) in [4.78, 5) is 17.9. The number of allylic oxidation sites excluding steroid dienone is 2. The number of rotatable bonds is 17. The summed E-state index contributed by atoms with van der Waals surface area (Å²) in [5.74, 6) is -7.78. The number of thiophene rings is 2. The van der Waals surface area contributed by atoms with Crippen LogP contribution in [-0.2, 0) is 0 Å². The van der Waals surface area contributed by atoms with Crippen molar-refractivity contribution in [3.8, 4) is 0 Å². The number of halogens is 8. The average Bonchev–Trinajstić information content (AvgIpc) is 1.60. The van der Waals surface area contributed by atoms with E-state index in [9.17, 15) is 0 Å². The molecule has 0 aliphatic carbocycles. The molecule has 0 saturated heterocycles. The van der Waals surface area contributed by atoms with Gasteiger partial charge in [-0.25, -0.2) is 35.1 Å². The van der Waals surface area contributed by atoms with Gasteiger partial charge in [-0.1, -0.05) is 219 Å². The van der Waals surface area contributed by atoms with E-state index in [0.29, 0.717) is 89.4 Å². The molecule has 9 nitrogen and oxygen atoms in total. The number of anilines is 27. The highest BCUT2D eigenvalue weighted by molar-refractivity contribution is 7.34. The van der Waals surface area contributed by atoms with Crippen molar-refractivity contribution in [2.24, 2.45) is 0 Å². The minimum Gasteiger partial charge on any atom is -0.310 e. The van der Waals surface area contributed by atoms with Crippen molar-refractivity contribution in [2.45, 2.75) is 6.92 Å². The fourth-order valence-corrected chi connectivity index (χ4v) is 25.0. The van der Waals surface area contributed by atoms with E-state index in [4.69, 9.17) is 0 Å². The smallest absolute Gasteiger partial charge is 0.264 e. The molecule has 2 aromatic heterocycles. The first-order chi connectivity index (χ1) is 69.2. The normalized spacial score (nSPS) is 13.2. The fraction of sp³-hybridized carbons (Fsp3) is 0.00840. The first-order valence-corrected chi connectivity index (χ1v) is 48.1. The van der Waals surface area contributed by atoms with Crippen molar-refractivity contribution in [2.75, 3.05) is 44.1 Å². The van der Waals surface area contributed by atoms with Crippen LogP contribution in [0.3, 0.4) is 0 Å². The molecule has 0 radical (unpaired) electrons. The maximum Gasteiger partial charge on any atom is 0.264 e. The molecule has 18 aromatic carbocycles. The lowest BCUT2D eigenvalue weighted by atomic mass is 9.30. The highest BCUT2D eigenvalue weighted by atomic mass is 32.1.